The zero-order chi connectivity index (χ0) is 24.0. The van der Waals surface area contributed by atoms with Crippen molar-refractivity contribution in [3.05, 3.63) is 99.0 Å². The zero-order valence-corrected chi connectivity index (χ0v) is 18.4. The number of nitrogens with one attached hydrogen (secondary N) is 1. The second-order valence-electron chi connectivity index (χ2n) is 6.75. The first-order chi connectivity index (χ1) is 15.6. The van der Waals surface area contributed by atoms with E-state index in [0.717, 1.165) is 23.8 Å². The summed E-state index contributed by atoms with van der Waals surface area (Å²) in [6.07, 6.45) is -3.25. The Labute approximate surface area is 194 Å². The van der Waals surface area contributed by atoms with Crippen LogP contribution in [0.15, 0.2) is 76.3 Å². The number of carbonyl (C=O) groups is 2. The summed E-state index contributed by atoms with van der Waals surface area (Å²) in [5.74, 6) is -1.40. The normalized spacial score (nSPS) is 11.4. The summed E-state index contributed by atoms with van der Waals surface area (Å²) in [5, 5.41) is 12.8. The number of benzene rings is 3. The van der Waals surface area contributed by atoms with Gasteiger partial charge in [-0.3, -0.25) is 4.79 Å². The van der Waals surface area contributed by atoms with Gasteiger partial charge in [0.1, 0.15) is 12.4 Å². The molecule has 6 nitrogen and oxygen atoms in total. The topological polar surface area (TPSA) is 88.0 Å². The molecule has 1 amide bonds. The number of hydrogen-bond acceptors (Lipinski definition) is 4. The Morgan fingerprint density at radius 2 is 1.76 bits per heavy atom. The average Bonchev–Trinajstić information content (AvgIpc) is 2.78. The molecule has 33 heavy (non-hydrogen) atoms. The number of aromatic carboxylic acids is 1. The highest BCUT2D eigenvalue weighted by Gasteiger charge is 2.30. The minimum atomic E-state index is -4.56. The Morgan fingerprint density at radius 1 is 1.03 bits per heavy atom. The second kappa shape index (κ2) is 10.3. The smallest absolute Gasteiger partial charge is 0.416 e. The molecule has 0 unspecified atom stereocenters. The largest absolute Gasteiger partial charge is 0.488 e. The van der Waals surface area contributed by atoms with Gasteiger partial charge in [0.15, 0.2) is 0 Å². The molecule has 0 radical (unpaired) electrons. The fraction of sp³-hybridized carbons (Fsp3) is 0.0870. The third-order valence-corrected chi connectivity index (χ3v) is 4.88. The molecule has 0 atom stereocenters. The number of alkyl halides is 3. The Kier molecular flexibility index (Phi) is 7.49. The predicted octanol–water partition coefficient (Wildman–Crippen LogP) is 5.51. The quantitative estimate of drug-likeness (QED) is 0.317. The van der Waals surface area contributed by atoms with Gasteiger partial charge in [0.2, 0.25) is 0 Å². The van der Waals surface area contributed by atoms with Gasteiger partial charge < -0.3 is 9.84 Å². The Morgan fingerprint density at radius 3 is 2.42 bits per heavy atom. The Bertz CT molecular complexity index is 1200. The Hall–Kier alpha value is -3.66. The van der Waals surface area contributed by atoms with E-state index < -0.39 is 23.6 Å². The van der Waals surface area contributed by atoms with Crippen molar-refractivity contribution in [2.75, 3.05) is 0 Å². The fourth-order valence-electron chi connectivity index (χ4n) is 2.72. The number of amides is 1. The van der Waals surface area contributed by atoms with Crippen LogP contribution in [0, 0.1) is 0 Å². The maximum atomic E-state index is 12.8. The highest BCUT2D eigenvalue weighted by atomic mass is 79.9. The third-order valence-electron chi connectivity index (χ3n) is 4.39. The molecule has 0 spiro atoms. The molecule has 2 N–H and O–H groups in total. The van der Waals surface area contributed by atoms with Gasteiger partial charge in [-0.05, 0) is 54.1 Å². The predicted molar refractivity (Wildman–Crippen MR) is 118 cm³/mol. The lowest BCUT2D eigenvalue weighted by Gasteiger charge is -2.10. The zero-order valence-electron chi connectivity index (χ0n) is 16.8. The van der Waals surface area contributed by atoms with Crippen molar-refractivity contribution in [3.8, 4) is 5.75 Å². The van der Waals surface area contributed by atoms with Crippen LogP contribution >= 0.6 is 15.9 Å². The van der Waals surface area contributed by atoms with Gasteiger partial charge in [0.05, 0.1) is 17.3 Å². The summed E-state index contributed by atoms with van der Waals surface area (Å²) in [6.45, 7) is 0.152. The first-order valence-corrected chi connectivity index (χ1v) is 10.2. The molecule has 0 aromatic heterocycles. The number of rotatable bonds is 7. The summed E-state index contributed by atoms with van der Waals surface area (Å²) < 4.78 is 45.0. The number of nitrogens with zero attached hydrogens (tertiary/aromatic N) is 1. The van der Waals surface area contributed by atoms with Gasteiger partial charge in [0.25, 0.3) is 5.91 Å². The van der Waals surface area contributed by atoms with Crippen LogP contribution in [0.1, 0.15) is 37.4 Å². The highest BCUT2D eigenvalue weighted by Crippen LogP contribution is 2.29. The summed E-state index contributed by atoms with van der Waals surface area (Å²) in [6, 6.07) is 15.3. The molecule has 3 rings (SSSR count). The van der Waals surface area contributed by atoms with E-state index in [1.165, 1.54) is 24.4 Å². The van der Waals surface area contributed by atoms with E-state index in [1.54, 1.807) is 30.3 Å². The van der Waals surface area contributed by atoms with E-state index in [4.69, 9.17) is 9.84 Å². The van der Waals surface area contributed by atoms with Crippen LogP contribution in [0.2, 0.25) is 0 Å². The molecular weight excluding hydrogens is 505 g/mol. The minimum absolute atomic E-state index is 0.152. The number of carboxylic acid groups (broad SMARTS) is 1. The number of ether oxygens (including phenoxy) is 1. The fourth-order valence-corrected chi connectivity index (χ4v) is 3.10. The van der Waals surface area contributed by atoms with E-state index in [0.29, 0.717) is 15.8 Å². The molecule has 0 aliphatic heterocycles. The van der Waals surface area contributed by atoms with E-state index in [2.05, 4.69) is 26.5 Å². The molecular formula is C23H16BrF3N2O4. The van der Waals surface area contributed by atoms with Crippen LogP contribution in [-0.2, 0) is 12.8 Å². The first kappa shape index (κ1) is 24.0. The van der Waals surface area contributed by atoms with Crippen LogP contribution in [-0.4, -0.2) is 23.2 Å². The lowest BCUT2D eigenvalue weighted by atomic mass is 10.1. The lowest BCUT2D eigenvalue weighted by molar-refractivity contribution is -0.137. The molecule has 0 aliphatic rings. The monoisotopic (exact) mass is 520 g/mol. The van der Waals surface area contributed by atoms with Crippen LogP contribution in [0.5, 0.6) is 5.75 Å². The standard InChI is InChI=1S/C23H16BrF3N2O4/c24-19-8-9-20(33-13-14-4-6-15(7-5-14)22(31)32)17(11-19)12-28-29-21(30)16-2-1-3-18(10-16)23(25,26)27/h1-12H,13H2,(H,29,30)(H,31,32)/b28-12-. The third kappa shape index (κ3) is 6.66. The number of hydrogen-bond donors (Lipinski definition) is 2. The minimum Gasteiger partial charge on any atom is -0.488 e. The van der Waals surface area contributed by atoms with Crippen molar-refractivity contribution in [1.29, 1.82) is 0 Å². The molecule has 10 heteroatoms. The highest BCUT2D eigenvalue weighted by molar-refractivity contribution is 9.10. The molecule has 0 saturated carbocycles. The van der Waals surface area contributed by atoms with Crippen LogP contribution in [0.25, 0.3) is 0 Å². The molecule has 0 fully saturated rings. The first-order valence-electron chi connectivity index (χ1n) is 9.39. The number of hydrazone groups is 1. The van der Waals surface area contributed by atoms with Crippen LogP contribution in [0.3, 0.4) is 0 Å². The van der Waals surface area contributed by atoms with Crippen molar-refractivity contribution in [1.82, 2.24) is 5.43 Å². The molecule has 0 aliphatic carbocycles. The number of halogens is 4. The van der Waals surface area contributed by atoms with Gasteiger partial charge in [-0.15, -0.1) is 0 Å². The lowest BCUT2D eigenvalue weighted by Crippen LogP contribution is -2.18. The number of carboxylic acids is 1. The SMILES string of the molecule is O=C(O)c1ccc(COc2ccc(Br)cc2/C=N\NC(=O)c2cccc(C(F)(F)F)c2)cc1. The molecule has 170 valence electrons. The van der Waals surface area contributed by atoms with Gasteiger partial charge in [0, 0.05) is 15.6 Å². The van der Waals surface area contributed by atoms with Crippen LogP contribution < -0.4 is 10.2 Å². The van der Waals surface area contributed by atoms with Gasteiger partial charge in [-0.2, -0.15) is 18.3 Å². The molecule has 0 bridgehead atoms. The van der Waals surface area contributed by atoms with Gasteiger partial charge >= 0.3 is 12.1 Å². The van der Waals surface area contributed by atoms with Crippen molar-refractivity contribution >= 4 is 34.0 Å². The van der Waals surface area contributed by atoms with Crippen molar-refractivity contribution in [2.45, 2.75) is 12.8 Å². The van der Waals surface area contributed by atoms with Crippen molar-refractivity contribution in [2.24, 2.45) is 5.10 Å². The second-order valence-corrected chi connectivity index (χ2v) is 7.67. The summed E-state index contributed by atoms with van der Waals surface area (Å²) in [4.78, 5) is 23.1. The number of carbonyl (C=O) groups excluding carboxylic acids is 1. The molecule has 0 heterocycles. The van der Waals surface area contributed by atoms with Crippen molar-refractivity contribution in [3.63, 3.8) is 0 Å². The Balaban J connectivity index is 1.69. The molecule has 0 saturated heterocycles. The van der Waals surface area contributed by atoms with E-state index in [-0.39, 0.29) is 17.7 Å². The maximum Gasteiger partial charge on any atom is 0.416 e. The van der Waals surface area contributed by atoms with Gasteiger partial charge in [-0.1, -0.05) is 34.1 Å². The van der Waals surface area contributed by atoms with Gasteiger partial charge in [-0.25, -0.2) is 10.2 Å². The molecule has 3 aromatic rings. The van der Waals surface area contributed by atoms with E-state index >= 15 is 0 Å². The van der Waals surface area contributed by atoms with E-state index in [9.17, 15) is 22.8 Å². The van der Waals surface area contributed by atoms with E-state index in [1.807, 2.05) is 0 Å². The van der Waals surface area contributed by atoms with Crippen molar-refractivity contribution < 1.29 is 32.6 Å². The summed E-state index contributed by atoms with van der Waals surface area (Å²) in [7, 11) is 0. The maximum absolute atomic E-state index is 12.8. The summed E-state index contributed by atoms with van der Waals surface area (Å²) in [5.41, 5.74) is 2.48. The molecule has 3 aromatic carbocycles. The average molecular weight is 521 g/mol. The summed E-state index contributed by atoms with van der Waals surface area (Å²) >= 11 is 3.33. The van der Waals surface area contributed by atoms with Crippen LogP contribution in [0.4, 0.5) is 13.2 Å².